The zero-order chi connectivity index (χ0) is 27.0. The van der Waals surface area contributed by atoms with Gasteiger partial charge in [-0.05, 0) is 57.6 Å². The molecule has 1 aromatic heterocycles. The van der Waals surface area contributed by atoms with E-state index in [9.17, 15) is 9.59 Å². The highest BCUT2D eigenvalue weighted by Crippen LogP contribution is 2.32. The fraction of sp³-hybridized carbons (Fsp3) is 0.414. The number of hydrogen-bond donors (Lipinski definition) is 2. The van der Waals surface area contributed by atoms with Gasteiger partial charge in [0.25, 0.3) is 5.88 Å². The highest BCUT2D eigenvalue weighted by atomic mass is 16.6. The second-order valence-electron chi connectivity index (χ2n) is 10.4. The normalized spacial score (nSPS) is 17.3. The van der Waals surface area contributed by atoms with Gasteiger partial charge in [0.2, 0.25) is 0 Å². The molecule has 0 aliphatic heterocycles. The third-order valence-electron chi connectivity index (χ3n) is 6.16. The number of hydrogen-bond acceptors (Lipinski definition) is 6. The van der Waals surface area contributed by atoms with Crippen LogP contribution in [0.4, 0.5) is 15.3 Å². The number of rotatable bonds is 8. The Hall–Kier alpha value is -4.01. The molecule has 0 spiro atoms. The number of anilines is 1. The number of nitrogens with one attached hydrogen (secondary N) is 2. The fourth-order valence-electron chi connectivity index (χ4n) is 4.31. The summed E-state index contributed by atoms with van der Waals surface area (Å²) < 4.78 is 18.6. The second kappa shape index (κ2) is 12.5. The number of amides is 2. The van der Waals surface area contributed by atoms with E-state index in [1.54, 1.807) is 6.20 Å². The molecular weight excluding hydrogens is 484 g/mol. The zero-order valence-corrected chi connectivity index (χ0v) is 22.2. The quantitative estimate of drug-likeness (QED) is 0.365. The molecule has 2 N–H and O–H groups in total. The second-order valence-corrected chi connectivity index (χ2v) is 10.4. The Morgan fingerprint density at radius 3 is 2.11 bits per heavy atom. The first-order valence-corrected chi connectivity index (χ1v) is 13.0. The number of aromatic nitrogens is 2. The maximum Gasteiger partial charge on any atom is 0.412 e. The van der Waals surface area contributed by atoms with E-state index < -0.39 is 17.8 Å². The number of nitrogens with zero attached hydrogens (tertiary/aromatic N) is 2. The van der Waals surface area contributed by atoms with Crippen LogP contribution in [-0.4, -0.2) is 33.6 Å². The summed E-state index contributed by atoms with van der Waals surface area (Å²) in [5.74, 6) is 0.333. The molecule has 1 heterocycles. The Morgan fingerprint density at radius 1 is 0.895 bits per heavy atom. The van der Waals surface area contributed by atoms with Crippen molar-refractivity contribution in [1.29, 1.82) is 0 Å². The summed E-state index contributed by atoms with van der Waals surface area (Å²) in [5.41, 5.74) is 1.81. The molecule has 1 fully saturated rings. The first-order valence-electron chi connectivity index (χ1n) is 13.0. The lowest BCUT2D eigenvalue weighted by molar-refractivity contribution is 0.0487. The van der Waals surface area contributed by atoms with Gasteiger partial charge in [-0.3, -0.25) is 10.00 Å². The molecule has 1 aliphatic carbocycles. The van der Waals surface area contributed by atoms with Gasteiger partial charge in [-0.25, -0.2) is 9.59 Å². The van der Waals surface area contributed by atoms with Crippen LogP contribution in [0, 0.1) is 0 Å². The van der Waals surface area contributed by atoms with Gasteiger partial charge >= 0.3 is 12.2 Å². The maximum absolute atomic E-state index is 12.6. The van der Waals surface area contributed by atoms with Crippen molar-refractivity contribution in [3.63, 3.8) is 0 Å². The van der Waals surface area contributed by atoms with Gasteiger partial charge in [-0.1, -0.05) is 60.7 Å². The largest absolute Gasteiger partial charge is 0.470 e. The van der Waals surface area contributed by atoms with Crippen molar-refractivity contribution in [3.05, 3.63) is 78.0 Å². The summed E-state index contributed by atoms with van der Waals surface area (Å²) in [7, 11) is 0. The molecule has 2 amide bonds. The number of ether oxygens (including phenoxy) is 3. The summed E-state index contributed by atoms with van der Waals surface area (Å²) in [6.45, 7) is 6.03. The van der Waals surface area contributed by atoms with Crippen molar-refractivity contribution < 1.29 is 23.8 Å². The monoisotopic (exact) mass is 520 g/mol. The van der Waals surface area contributed by atoms with E-state index >= 15 is 0 Å². The van der Waals surface area contributed by atoms with Gasteiger partial charge in [0, 0.05) is 6.04 Å². The van der Waals surface area contributed by atoms with Gasteiger partial charge in [-0.2, -0.15) is 0 Å². The molecule has 2 aromatic carbocycles. The molecule has 38 heavy (non-hydrogen) atoms. The minimum atomic E-state index is -0.580. The predicted octanol–water partition coefficient (Wildman–Crippen LogP) is 6.22. The Kier molecular flexibility index (Phi) is 8.89. The lowest BCUT2D eigenvalue weighted by Crippen LogP contribution is -2.41. The van der Waals surface area contributed by atoms with Crippen molar-refractivity contribution in [3.8, 4) is 5.88 Å². The lowest BCUT2D eigenvalue weighted by atomic mass is 9.91. The Balaban J connectivity index is 1.38. The highest BCUT2D eigenvalue weighted by molar-refractivity contribution is 5.86. The molecule has 0 bridgehead atoms. The van der Waals surface area contributed by atoms with Gasteiger partial charge in [0.1, 0.15) is 24.5 Å². The molecule has 0 radical (unpaired) electrons. The van der Waals surface area contributed by atoms with E-state index in [1.165, 1.54) is 0 Å². The van der Waals surface area contributed by atoms with E-state index in [0.717, 1.165) is 36.8 Å². The Morgan fingerprint density at radius 2 is 1.50 bits per heavy atom. The van der Waals surface area contributed by atoms with E-state index in [-0.39, 0.29) is 18.7 Å². The van der Waals surface area contributed by atoms with Crippen LogP contribution in [0.5, 0.6) is 5.88 Å². The maximum atomic E-state index is 12.6. The summed E-state index contributed by atoms with van der Waals surface area (Å²) >= 11 is 0. The molecule has 9 nitrogen and oxygen atoms in total. The average Bonchev–Trinajstić information content (AvgIpc) is 3.29. The number of carbonyl (C=O) groups is 2. The first-order chi connectivity index (χ1) is 18.2. The molecule has 202 valence electrons. The lowest BCUT2D eigenvalue weighted by Gasteiger charge is -2.30. The fourth-order valence-corrected chi connectivity index (χ4v) is 4.31. The summed E-state index contributed by atoms with van der Waals surface area (Å²) in [5, 5.41) is 10.4. The zero-order valence-electron chi connectivity index (χ0n) is 22.2. The van der Waals surface area contributed by atoms with Crippen LogP contribution in [-0.2, 0) is 22.7 Å². The molecule has 0 atom stereocenters. The third-order valence-corrected chi connectivity index (χ3v) is 6.16. The average molecular weight is 521 g/mol. The standard InChI is InChI=1S/C29H36N4O5/c1-29(2,3)38-28(35)30-23-14-16-24(17-15-23)33-18-25(26(32-33)36-19-21-10-6-4-7-11-21)31-27(34)37-20-22-12-8-5-9-13-22/h4-13,18,23-24H,14-17,19-20H2,1-3H3,(H,30,35)(H,31,34)/t23-,24-. The molecule has 1 aliphatic rings. The van der Waals surface area contributed by atoms with Gasteiger partial charge in [0.15, 0.2) is 0 Å². The van der Waals surface area contributed by atoms with Crippen molar-refractivity contribution in [2.45, 2.75) is 77.4 Å². The van der Waals surface area contributed by atoms with Crippen LogP contribution in [0.15, 0.2) is 66.9 Å². The van der Waals surface area contributed by atoms with E-state index in [4.69, 9.17) is 14.2 Å². The Labute approximate surface area is 223 Å². The predicted molar refractivity (Wildman–Crippen MR) is 144 cm³/mol. The third kappa shape index (κ3) is 8.26. The molecule has 9 heteroatoms. The highest BCUT2D eigenvalue weighted by Gasteiger charge is 2.27. The van der Waals surface area contributed by atoms with Crippen molar-refractivity contribution in [2.75, 3.05) is 5.32 Å². The van der Waals surface area contributed by atoms with E-state index in [2.05, 4.69) is 15.7 Å². The van der Waals surface area contributed by atoms with Crippen LogP contribution >= 0.6 is 0 Å². The molecule has 4 rings (SSSR count). The minimum Gasteiger partial charge on any atom is -0.470 e. The molecule has 3 aromatic rings. The number of benzene rings is 2. The van der Waals surface area contributed by atoms with Crippen LogP contribution in [0.3, 0.4) is 0 Å². The first kappa shape index (κ1) is 27.0. The van der Waals surface area contributed by atoms with Crippen molar-refractivity contribution in [1.82, 2.24) is 15.1 Å². The smallest absolute Gasteiger partial charge is 0.412 e. The molecule has 0 saturated heterocycles. The van der Waals surface area contributed by atoms with Crippen LogP contribution in [0.2, 0.25) is 0 Å². The summed E-state index contributed by atoms with van der Waals surface area (Å²) in [6.07, 6.45) is 4.05. The SMILES string of the molecule is CC(C)(C)OC(=O)N[C@H]1CC[C@H](n2cc(NC(=O)OCc3ccccc3)c(OCc3ccccc3)n2)CC1. The van der Waals surface area contributed by atoms with E-state index in [1.807, 2.05) is 86.1 Å². The minimum absolute atomic E-state index is 0.0519. The van der Waals surface area contributed by atoms with Crippen molar-refractivity contribution in [2.24, 2.45) is 0 Å². The van der Waals surface area contributed by atoms with Gasteiger partial charge in [0.05, 0.1) is 12.2 Å². The van der Waals surface area contributed by atoms with Crippen LogP contribution in [0.1, 0.15) is 63.6 Å². The topological polar surface area (TPSA) is 104 Å². The van der Waals surface area contributed by atoms with Gasteiger partial charge < -0.3 is 19.5 Å². The van der Waals surface area contributed by atoms with Crippen LogP contribution in [0.25, 0.3) is 0 Å². The Bertz CT molecular complexity index is 1180. The van der Waals surface area contributed by atoms with Crippen molar-refractivity contribution >= 4 is 17.9 Å². The number of carbonyl (C=O) groups excluding carboxylic acids is 2. The molecule has 0 unspecified atom stereocenters. The van der Waals surface area contributed by atoms with E-state index in [0.29, 0.717) is 18.2 Å². The summed E-state index contributed by atoms with van der Waals surface area (Å²) in [6, 6.07) is 19.4. The molecule has 1 saturated carbocycles. The van der Waals surface area contributed by atoms with Crippen LogP contribution < -0.4 is 15.4 Å². The number of alkyl carbamates (subject to hydrolysis) is 1. The summed E-state index contributed by atoms with van der Waals surface area (Å²) in [4.78, 5) is 24.7. The van der Waals surface area contributed by atoms with Gasteiger partial charge in [-0.15, -0.1) is 5.10 Å². The molecular formula is C29H36N4O5.